The van der Waals surface area contributed by atoms with Crippen LogP contribution in [0.5, 0.6) is 0 Å². The van der Waals surface area contributed by atoms with E-state index in [1.54, 1.807) is 10.6 Å². The second-order valence-corrected chi connectivity index (χ2v) is 3.44. The van der Waals surface area contributed by atoms with E-state index in [9.17, 15) is 0 Å². The van der Waals surface area contributed by atoms with Crippen molar-refractivity contribution < 1.29 is 0 Å². The zero-order valence-electron chi connectivity index (χ0n) is 8.05. The lowest BCUT2D eigenvalue weighted by Crippen LogP contribution is -2.08. The van der Waals surface area contributed by atoms with Crippen LogP contribution in [0.2, 0.25) is 0 Å². The fraction of sp³-hybridized carbons (Fsp3) is 0.333. The Morgan fingerprint density at radius 3 is 3.13 bits per heavy atom. The van der Waals surface area contributed by atoms with Crippen molar-refractivity contribution in [2.45, 2.75) is 12.8 Å². The summed E-state index contributed by atoms with van der Waals surface area (Å²) in [5.41, 5.74) is 1.53. The molecule has 0 aliphatic carbocycles. The fourth-order valence-electron chi connectivity index (χ4n) is 1.39. The second-order valence-electron chi connectivity index (χ2n) is 3.13. The molecule has 2 aromatic heterocycles. The summed E-state index contributed by atoms with van der Waals surface area (Å²) in [5.74, 6) is 0.336. The molecule has 0 saturated heterocycles. The number of aromatic nitrogens is 4. The predicted octanol–water partition coefficient (Wildman–Crippen LogP) is 1.28. The third-order valence-corrected chi connectivity index (χ3v) is 2.38. The standard InChI is InChI=1S/C9H8ClN5/c1-6-2-8(7(3-10)4-11)15-9(14-6)12-5-13-15/h2,5,7H,3H2,1H3. The first-order chi connectivity index (χ1) is 7.26. The minimum atomic E-state index is -0.391. The fourth-order valence-corrected chi connectivity index (χ4v) is 1.61. The number of alkyl halides is 1. The van der Waals surface area contributed by atoms with Crippen LogP contribution in [0.25, 0.3) is 5.78 Å². The monoisotopic (exact) mass is 221 g/mol. The zero-order valence-corrected chi connectivity index (χ0v) is 8.81. The molecule has 0 aromatic carbocycles. The molecule has 0 N–H and O–H groups in total. The molecule has 0 bridgehead atoms. The van der Waals surface area contributed by atoms with Gasteiger partial charge in [-0.25, -0.2) is 4.98 Å². The minimum Gasteiger partial charge on any atom is -0.216 e. The largest absolute Gasteiger partial charge is 0.252 e. The molecule has 1 atom stereocenters. The highest BCUT2D eigenvalue weighted by molar-refractivity contribution is 6.18. The van der Waals surface area contributed by atoms with Crippen molar-refractivity contribution in [1.29, 1.82) is 5.26 Å². The van der Waals surface area contributed by atoms with Crippen molar-refractivity contribution in [3.05, 3.63) is 23.8 Å². The SMILES string of the molecule is Cc1cc(C(C#N)CCl)n2ncnc2n1. The number of rotatable bonds is 2. The Morgan fingerprint density at radius 2 is 2.47 bits per heavy atom. The number of nitriles is 1. The zero-order chi connectivity index (χ0) is 10.8. The maximum absolute atomic E-state index is 8.95. The van der Waals surface area contributed by atoms with Crippen LogP contribution in [0.15, 0.2) is 12.4 Å². The third kappa shape index (κ3) is 1.64. The Morgan fingerprint density at radius 1 is 1.67 bits per heavy atom. The summed E-state index contributed by atoms with van der Waals surface area (Å²) in [6.45, 7) is 1.85. The van der Waals surface area contributed by atoms with Gasteiger partial charge in [-0.1, -0.05) is 0 Å². The van der Waals surface area contributed by atoms with Crippen molar-refractivity contribution in [1.82, 2.24) is 19.6 Å². The van der Waals surface area contributed by atoms with E-state index in [0.29, 0.717) is 5.78 Å². The molecule has 0 fully saturated rings. The number of fused-ring (bicyclic) bond motifs is 1. The van der Waals surface area contributed by atoms with Gasteiger partial charge in [0.1, 0.15) is 12.2 Å². The van der Waals surface area contributed by atoms with Crippen LogP contribution in [0.3, 0.4) is 0 Å². The Balaban J connectivity index is 2.68. The summed E-state index contributed by atoms with van der Waals surface area (Å²) in [5, 5.41) is 13.0. The van der Waals surface area contributed by atoms with Gasteiger partial charge in [0.25, 0.3) is 5.78 Å². The van der Waals surface area contributed by atoms with E-state index < -0.39 is 5.92 Å². The summed E-state index contributed by atoms with van der Waals surface area (Å²) < 4.78 is 1.54. The lowest BCUT2D eigenvalue weighted by molar-refractivity contribution is 0.801. The maximum Gasteiger partial charge on any atom is 0.252 e. The predicted molar refractivity (Wildman–Crippen MR) is 54.6 cm³/mol. The Bertz CT molecular complexity index is 527. The van der Waals surface area contributed by atoms with Gasteiger partial charge in [-0.3, -0.25) is 0 Å². The third-order valence-electron chi connectivity index (χ3n) is 2.07. The molecule has 0 saturated carbocycles. The molecule has 0 amide bonds. The van der Waals surface area contributed by atoms with Gasteiger partial charge < -0.3 is 0 Å². The number of nitrogens with zero attached hydrogens (tertiary/aromatic N) is 5. The molecule has 2 rings (SSSR count). The molecule has 2 aromatic rings. The van der Waals surface area contributed by atoms with E-state index in [4.69, 9.17) is 16.9 Å². The van der Waals surface area contributed by atoms with Crippen molar-refractivity contribution in [2.24, 2.45) is 0 Å². The van der Waals surface area contributed by atoms with E-state index in [-0.39, 0.29) is 5.88 Å². The molecular formula is C9H8ClN5. The molecule has 5 nitrogen and oxygen atoms in total. The van der Waals surface area contributed by atoms with Crippen molar-refractivity contribution >= 4 is 17.4 Å². The lowest BCUT2D eigenvalue weighted by atomic mass is 10.1. The summed E-state index contributed by atoms with van der Waals surface area (Å²) in [4.78, 5) is 8.16. The Hall–Kier alpha value is -1.67. The van der Waals surface area contributed by atoms with Crippen LogP contribution < -0.4 is 0 Å². The normalized spacial score (nSPS) is 12.6. The molecule has 2 heterocycles. The highest BCUT2D eigenvalue weighted by atomic mass is 35.5. The molecule has 0 radical (unpaired) electrons. The van der Waals surface area contributed by atoms with Gasteiger partial charge in [0.15, 0.2) is 0 Å². The topological polar surface area (TPSA) is 66.9 Å². The minimum absolute atomic E-state index is 0.231. The van der Waals surface area contributed by atoms with Gasteiger partial charge in [-0.2, -0.15) is 19.9 Å². The van der Waals surface area contributed by atoms with Gasteiger partial charge in [0, 0.05) is 11.6 Å². The van der Waals surface area contributed by atoms with Crippen LogP contribution in [0, 0.1) is 18.3 Å². The van der Waals surface area contributed by atoms with Gasteiger partial charge in [0.05, 0.1) is 11.8 Å². The quantitative estimate of drug-likeness (QED) is 0.717. The molecule has 1 unspecified atom stereocenters. The van der Waals surface area contributed by atoms with Gasteiger partial charge >= 0.3 is 0 Å². The van der Waals surface area contributed by atoms with Crippen LogP contribution in [-0.4, -0.2) is 25.5 Å². The molecule has 6 heteroatoms. The van der Waals surface area contributed by atoms with E-state index in [2.05, 4.69) is 21.1 Å². The molecule has 0 aliphatic rings. The van der Waals surface area contributed by atoms with Crippen LogP contribution in [0.1, 0.15) is 17.3 Å². The average molecular weight is 222 g/mol. The molecule has 76 valence electrons. The van der Waals surface area contributed by atoms with Crippen molar-refractivity contribution in [3.8, 4) is 6.07 Å². The lowest BCUT2D eigenvalue weighted by Gasteiger charge is -2.07. The number of hydrogen-bond donors (Lipinski definition) is 0. The first-order valence-corrected chi connectivity index (χ1v) is 4.92. The highest BCUT2D eigenvalue weighted by Crippen LogP contribution is 2.17. The summed E-state index contributed by atoms with van der Waals surface area (Å²) in [6.07, 6.45) is 1.41. The number of hydrogen-bond acceptors (Lipinski definition) is 4. The van der Waals surface area contributed by atoms with Gasteiger partial charge in [-0.15, -0.1) is 11.6 Å². The molecule has 0 spiro atoms. The smallest absolute Gasteiger partial charge is 0.216 e. The Labute approximate surface area is 91.3 Å². The number of halogens is 1. The maximum atomic E-state index is 8.95. The van der Waals surface area contributed by atoms with E-state index in [1.807, 2.05) is 6.92 Å². The average Bonchev–Trinajstić information content (AvgIpc) is 2.67. The van der Waals surface area contributed by atoms with E-state index in [1.165, 1.54) is 6.33 Å². The van der Waals surface area contributed by atoms with E-state index in [0.717, 1.165) is 11.4 Å². The highest BCUT2D eigenvalue weighted by Gasteiger charge is 2.15. The van der Waals surface area contributed by atoms with Crippen molar-refractivity contribution in [2.75, 3.05) is 5.88 Å². The first kappa shape index (κ1) is 9.87. The van der Waals surface area contributed by atoms with Gasteiger partial charge in [-0.05, 0) is 13.0 Å². The van der Waals surface area contributed by atoms with Crippen LogP contribution in [-0.2, 0) is 0 Å². The first-order valence-electron chi connectivity index (χ1n) is 4.39. The molecule has 15 heavy (non-hydrogen) atoms. The molecular weight excluding hydrogens is 214 g/mol. The molecule has 0 aliphatic heterocycles. The Kier molecular flexibility index (Phi) is 2.52. The summed E-state index contributed by atoms with van der Waals surface area (Å²) in [6, 6.07) is 3.93. The van der Waals surface area contributed by atoms with Crippen LogP contribution >= 0.6 is 11.6 Å². The van der Waals surface area contributed by atoms with Gasteiger partial charge in [0.2, 0.25) is 0 Å². The van der Waals surface area contributed by atoms with E-state index >= 15 is 0 Å². The van der Waals surface area contributed by atoms with Crippen molar-refractivity contribution in [3.63, 3.8) is 0 Å². The summed E-state index contributed by atoms with van der Waals surface area (Å²) >= 11 is 5.72. The van der Waals surface area contributed by atoms with Crippen LogP contribution in [0.4, 0.5) is 0 Å². The second kappa shape index (κ2) is 3.83. The summed E-state index contributed by atoms with van der Waals surface area (Å²) in [7, 11) is 0. The number of aryl methyl sites for hydroxylation is 1.